The standard InChI is InChI=1S/C13H16ClNO3.C2H6/c1-4-6-10-9(5-2)7-11(13(17)18-3)15(10)12(16)8-14;1-2/h4-6,11H,1,7-8H2,2-3H3;1-2H3/b9-5-,10-6+;. The van der Waals surface area contributed by atoms with Gasteiger partial charge in [-0.3, -0.25) is 9.69 Å². The number of halogens is 1. The second-order valence-corrected chi connectivity index (χ2v) is 4.01. The Morgan fingerprint density at radius 2 is 2.10 bits per heavy atom. The molecule has 112 valence electrons. The third-order valence-corrected chi connectivity index (χ3v) is 3.02. The predicted molar refractivity (Wildman–Crippen MR) is 81.4 cm³/mol. The minimum absolute atomic E-state index is 0.182. The quantitative estimate of drug-likeness (QED) is 0.594. The van der Waals surface area contributed by atoms with Gasteiger partial charge >= 0.3 is 5.97 Å². The molecule has 0 N–H and O–H groups in total. The summed E-state index contributed by atoms with van der Waals surface area (Å²) in [6, 6.07) is -0.640. The van der Waals surface area contributed by atoms with Crippen LogP contribution in [-0.4, -0.2) is 35.8 Å². The topological polar surface area (TPSA) is 46.6 Å². The van der Waals surface area contributed by atoms with Crippen LogP contribution in [0.25, 0.3) is 0 Å². The second kappa shape index (κ2) is 9.37. The average Bonchev–Trinajstić information content (AvgIpc) is 2.86. The normalized spacial score (nSPS) is 21.4. The van der Waals surface area contributed by atoms with E-state index in [4.69, 9.17) is 16.3 Å². The maximum atomic E-state index is 11.9. The van der Waals surface area contributed by atoms with Crippen molar-refractivity contribution in [3.05, 3.63) is 36.1 Å². The fraction of sp³-hybridized carbons (Fsp3) is 0.467. The lowest BCUT2D eigenvalue weighted by atomic mass is 10.1. The van der Waals surface area contributed by atoms with E-state index in [1.165, 1.54) is 12.0 Å². The van der Waals surface area contributed by atoms with Crippen LogP contribution in [0.1, 0.15) is 27.2 Å². The molecule has 0 spiro atoms. The van der Waals surface area contributed by atoms with Crippen LogP contribution in [0.15, 0.2) is 36.1 Å². The highest BCUT2D eigenvalue weighted by Gasteiger charge is 2.40. The highest BCUT2D eigenvalue weighted by Crippen LogP contribution is 2.33. The molecule has 1 amide bonds. The van der Waals surface area contributed by atoms with E-state index in [1.807, 2.05) is 26.8 Å². The summed E-state index contributed by atoms with van der Waals surface area (Å²) < 4.78 is 4.72. The Kier molecular flexibility index (Phi) is 8.64. The van der Waals surface area contributed by atoms with E-state index in [9.17, 15) is 9.59 Å². The fourth-order valence-corrected chi connectivity index (χ4v) is 2.12. The molecular formula is C15H22ClNO3. The lowest BCUT2D eigenvalue weighted by Crippen LogP contribution is -2.40. The van der Waals surface area contributed by atoms with Crippen LogP contribution < -0.4 is 0 Å². The second-order valence-electron chi connectivity index (χ2n) is 3.74. The molecule has 0 bridgehead atoms. The smallest absolute Gasteiger partial charge is 0.329 e. The van der Waals surface area contributed by atoms with Crippen molar-refractivity contribution in [3.8, 4) is 0 Å². The van der Waals surface area contributed by atoms with Crippen molar-refractivity contribution in [2.75, 3.05) is 13.0 Å². The van der Waals surface area contributed by atoms with Crippen LogP contribution >= 0.6 is 11.6 Å². The summed E-state index contributed by atoms with van der Waals surface area (Å²) in [5.74, 6) is -0.948. The van der Waals surface area contributed by atoms with Gasteiger partial charge < -0.3 is 4.74 Å². The number of esters is 1. The lowest BCUT2D eigenvalue weighted by Gasteiger charge is -2.22. The molecule has 0 aromatic heterocycles. The van der Waals surface area contributed by atoms with Gasteiger partial charge in [-0.1, -0.05) is 32.6 Å². The monoisotopic (exact) mass is 299 g/mol. The van der Waals surface area contributed by atoms with E-state index in [2.05, 4.69) is 6.58 Å². The van der Waals surface area contributed by atoms with E-state index in [-0.39, 0.29) is 11.8 Å². The van der Waals surface area contributed by atoms with Gasteiger partial charge in [-0.05, 0) is 18.6 Å². The highest BCUT2D eigenvalue weighted by atomic mass is 35.5. The summed E-state index contributed by atoms with van der Waals surface area (Å²) >= 11 is 5.59. The Bertz CT molecular complexity index is 427. The van der Waals surface area contributed by atoms with Crippen LogP contribution in [0.5, 0.6) is 0 Å². The van der Waals surface area contributed by atoms with Gasteiger partial charge in [0.05, 0.1) is 7.11 Å². The maximum Gasteiger partial charge on any atom is 0.329 e. The number of hydrogen-bond acceptors (Lipinski definition) is 3. The molecule has 1 unspecified atom stereocenters. The highest BCUT2D eigenvalue weighted by molar-refractivity contribution is 6.27. The van der Waals surface area contributed by atoms with Gasteiger partial charge in [-0.25, -0.2) is 4.79 Å². The zero-order valence-electron chi connectivity index (χ0n) is 12.5. The molecule has 4 nitrogen and oxygen atoms in total. The van der Waals surface area contributed by atoms with E-state index >= 15 is 0 Å². The summed E-state index contributed by atoms with van der Waals surface area (Å²) in [5.41, 5.74) is 1.57. The number of nitrogens with zero attached hydrogens (tertiary/aromatic N) is 1. The molecule has 0 aliphatic carbocycles. The van der Waals surface area contributed by atoms with E-state index in [0.717, 1.165) is 5.57 Å². The number of alkyl halides is 1. The van der Waals surface area contributed by atoms with Gasteiger partial charge in [-0.15, -0.1) is 11.6 Å². The maximum absolute atomic E-state index is 11.9. The number of likely N-dealkylation sites (tertiary alicyclic amines) is 1. The predicted octanol–water partition coefficient (Wildman–Crippen LogP) is 3.04. The third kappa shape index (κ3) is 3.97. The molecule has 0 saturated carbocycles. The van der Waals surface area contributed by atoms with Crippen LogP contribution in [0.3, 0.4) is 0 Å². The number of hydrogen-bond donors (Lipinski definition) is 0. The molecule has 0 aromatic carbocycles. The summed E-state index contributed by atoms with van der Waals surface area (Å²) in [4.78, 5) is 25.0. The lowest BCUT2D eigenvalue weighted by molar-refractivity contribution is -0.149. The first-order valence-electron chi connectivity index (χ1n) is 6.54. The number of amides is 1. The number of ether oxygens (including phenoxy) is 1. The first-order chi connectivity index (χ1) is 9.60. The van der Waals surface area contributed by atoms with Crippen LogP contribution in [-0.2, 0) is 14.3 Å². The van der Waals surface area contributed by atoms with E-state index in [0.29, 0.717) is 12.1 Å². The average molecular weight is 300 g/mol. The van der Waals surface area contributed by atoms with Gasteiger partial charge in [0.2, 0.25) is 5.91 Å². The van der Waals surface area contributed by atoms with Crippen molar-refractivity contribution >= 4 is 23.5 Å². The summed E-state index contributed by atoms with van der Waals surface area (Å²) in [6.45, 7) is 9.47. The molecule has 1 rings (SSSR count). The molecule has 5 heteroatoms. The fourth-order valence-electron chi connectivity index (χ4n) is 1.99. The number of carbonyl (C=O) groups is 2. The Hall–Kier alpha value is -1.55. The SMILES string of the molecule is C=C/C=C1\C(=C/C)CC(C(=O)OC)N1C(=O)CCl.CC. The third-order valence-electron chi connectivity index (χ3n) is 2.79. The zero-order chi connectivity index (χ0) is 15.7. The van der Waals surface area contributed by atoms with Gasteiger partial charge in [0, 0.05) is 12.1 Å². The van der Waals surface area contributed by atoms with Crippen molar-refractivity contribution in [1.82, 2.24) is 4.90 Å². The van der Waals surface area contributed by atoms with Crippen molar-refractivity contribution < 1.29 is 14.3 Å². The van der Waals surface area contributed by atoms with Crippen LogP contribution in [0, 0.1) is 0 Å². The summed E-state index contributed by atoms with van der Waals surface area (Å²) in [7, 11) is 1.30. The first-order valence-corrected chi connectivity index (χ1v) is 7.08. The molecule has 0 radical (unpaired) electrons. The van der Waals surface area contributed by atoms with Crippen LogP contribution in [0.2, 0.25) is 0 Å². The molecular weight excluding hydrogens is 278 g/mol. The Balaban J connectivity index is 0.00000172. The van der Waals surface area contributed by atoms with Crippen molar-refractivity contribution in [2.45, 2.75) is 33.2 Å². The molecule has 0 aromatic rings. The molecule has 1 aliphatic heterocycles. The molecule has 1 fully saturated rings. The summed E-state index contributed by atoms with van der Waals surface area (Å²) in [5, 5.41) is 0. The molecule has 1 heterocycles. The Labute approximate surface area is 125 Å². The van der Waals surface area contributed by atoms with Gasteiger partial charge in [0.25, 0.3) is 0 Å². The van der Waals surface area contributed by atoms with Gasteiger partial charge in [0.15, 0.2) is 0 Å². The number of carbonyl (C=O) groups excluding carboxylic acids is 2. The van der Waals surface area contributed by atoms with Crippen molar-refractivity contribution in [1.29, 1.82) is 0 Å². The molecule has 1 saturated heterocycles. The van der Waals surface area contributed by atoms with Crippen molar-refractivity contribution in [2.24, 2.45) is 0 Å². The Morgan fingerprint density at radius 1 is 1.50 bits per heavy atom. The molecule has 1 aliphatic rings. The number of methoxy groups -OCH3 is 1. The first kappa shape index (κ1) is 18.4. The number of rotatable bonds is 3. The Morgan fingerprint density at radius 3 is 2.50 bits per heavy atom. The van der Waals surface area contributed by atoms with Crippen LogP contribution in [0.4, 0.5) is 0 Å². The van der Waals surface area contributed by atoms with E-state index < -0.39 is 12.0 Å². The van der Waals surface area contributed by atoms with Gasteiger partial charge in [-0.2, -0.15) is 0 Å². The number of allylic oxidation sites excluding steroid dienone is 4. The molecule has 1 atom stereocenters. The minimum Gasteiger partial charge on any atom is -0.467 e. The summed E-state index contributed by atoms with van der Waals surface area (Å²) in [6.07, 6.45) is 5.58. The minimum atomic E-state index is -0.640. The van der Waals surface area contributed by atoms with Gasteiger partial charge in [0.1, 0.15) is 11.9 Å². The largest absolute Gasteiger partial charge is 0.467 e. The van der Waals surface area contributed by atoms with E-state index in [1.54, 1.807) is 12.2 Å². The van der Waals surface area contributed by atoms with Crippen molar-refractivity contribution in [3.63, 3.8) is 0 Å². The zero-order valence-corrected chi connectivity index (χ0v) is 13.2. The molecule has 20 heavy (non-hydrogen) atoms.